The predicted octanol–water partition coefficient (Wildman–Crippen LogP) is 0.725. The standard InChI is InChI=1S/C3H5F2O/c4-1-3(6)2-5/h3H,1-2H2. The second-order valence-corrected chi connectivity index (χ2v) is 0.931. The van der Waals surface area contributed by atoms with E-state index in [4.69, 9.17) is 0 Å². The third-order valence-corrected chi connectivity index (χ3v) is 0.344. The Bertz CT molecular complexity index is 28.0. The van der Waals surface area contributed by atoms with Crippen molar-refractivity contribution in [2.75, 3.05) is 13.3 Å². The van der Waals surface area contributed by atoms with Crippen LogP contribution in [-0.4, -0.2) is 19.5 Å². The highest BCUT2D eigenvalue weighted by molar-refractivity contribution is 4.44. The van der Waals surface area contributed by atoms with Gasteiger partial charge in [0.05, 0.1) is 0 Å². The Morgan fingerprint density at radius 1 is 1.33 bits per heavy atom. The molecule has 0 saturated heterocycles. The van der Waals surface area contributed by atoms with Crippen molar-refractivity contribution in [2.24, 2.45) is 0 Å². The molecule has 0 fully saturated rings. The van der Waals surface area contributed by atoms with Crippen molar-refractivity contribution in [1.29, 1.82) is 0 Å². The fraction of sp³-hybridized carbons (Fsp3) is 1.00. The highest BCUT2D eigenvalue weighted by atomic mass is 19.1. The Balaban J connectivity index is 2.75. The molecule has 0 rings (SSSR count). The molecular weight excluding hydrogens is 90.0 g/mol. The summed E-state index contributed by atoms with van der Waals surface area (Å²) in [5.74, 6) is 0. The minimum Gasteiger partial charge on any atom is -0.248 e. The second-order valence-electron chi connectivity index (χ2n) is 0.931. The maximum absolute atomic E-state index is 10.8. The SMILES string of the molecule is [O]C(CF)CF. The molecule has 0 aliphatic rings. The number of hydrogen-bond acceptors (Lipinski definition) is 0. The van der Waals surface area contributed by atoms with Crippen molar-refractivity contribution in [3.8, 4) is 0 Å². The number of halogens is 2. The highest BCUT2D eigenvalue weighted by Gasteiger charge is 2.00. The van der Waals surface area contributed by atoms with E-state index in [2.05, 4.69) is 0 Å². The van der Waals surface area contributed by atoms with Gasteiger partial charge in [0.1, 0.15) is 19.5 Å². The molecule has 37 valence electrons. The van der Waals surface area contributed by atoms with E-state index in [0.717, 1.165) is 0 Å². The largest absolute Gasteiger partial charge is 0.248 e. The van der Waals surface area contributed by atoms with Gasteiger partial charge in [0.15, 0.2) is 0 Å². The minimum atomic E-state index is -1.65. The van der Waals surface area contributed by atoms with E-state index >= 15 is 0 Å². The molecule has 0 N–H and O–H groups in total. The van der Waals surface area contributed by atoms with E-state index in [0.29, 0.717) is 0 Å². The zero-order valence-electron chi connectivity index (χ0n) is 3.16. The second kappa shape index (κ2) is 3.03. The Morgan fingerprint density at radius 2 is 1.67 bits per heavy atom. The van der Waals surface area contributed by atoms with Gasteiger partial charge in [-0.2, -0.15) is 0 Å². The average molecular weight is 95.1 g/mol. The summed E-state index contributed by atoms with van der Waals surface area (Å²) >= 11 is 0. The van der Waals surface area contributed by atoms with Crippen molar-refractivity contribution in [2.45, 2.75) is 6.10 Å². The third kappa shape index (κ3) is 2.08. The van der Waals surface area contributed by atoms with Gasteiger partial charge in [0.25, 0.3) is 0 Å². The van der Waals surface area contributed by atoms with Crippen LogP contribution in [0.4, 0.5) is 8.78 Å². The molecule has 1 nitrogen and oxygen atoms in total. The zero-order valence-corrected chi connectivity index (χ0v) is 3.16. The molecule has 0 aromatic rings. The van der Waals surface area contributed by atoms with E-state index in [1.165, 1.54) is 0 Å². The molecule has 0 bridgehead atoms. The van der Waals surface area contributed by atoms with Gasteiger partial charge in [-0.1, -0.05) is 0 Å². The molecule has 0 unspecified atom stereocenters. The minimum absolute atomic E-state index is 1.10. The van der Waals surface area contributed by atoms with E-state index < -0.39 is 19.5 Å². The first-order valence-electron chi connectivity index (χ1n) is 1.59. The molecular formula is C3H5F2O. The molecule has 6 heavy (non-hydrogen) atoms. The normalized spacial score (nSPS) is 10.0. The molecule has 0 saturated carbocycles. The van der Waals surface area contributed by atoms with Crippen LogP contribution in [0.1, 0.15) is 0 Å². The van der Waals surface area contributed by atoms with Crippen LogP contribution in [0.15, 0.2) is 0 Å². The van der Waals surface area contributed by atoms with Gasteiger partial charge in [-0.25, -0.2) is 13.9 Å². The molecule has 1 radical (unpaired) electrons. The summed E-state index contributed by atoms with van der Waals surface area (Å²) < 4.78 is 21.7. The quantitative estimate of drug-likeness (QED) is 0.481. The van der Waals surface area contributed by atoms with Gasteiger partial charge < -0.3 is 0 Å². The lowest BCUT2D eigenvalue weighted by atomic mass is 10.4. The lowest BCUT2D eigenvalue weighted by Crippen LogP contribution is -2.07. The maximum atomic E-state index is 10.8. The van der Waals surface area contributed by atoms with Gasteiger partial charge in [-0.3, -0.25) is 0 Å². The van der Waals surface area contributed by atoms with Crippen LogP contribution < -0.4 is 0 Å². The zero-order chi connectivity index (χ0) is 4.99. The summed E-state index contributed by atoms with van der Waals surface area (Å²) in [6.07, 6.45) is -1.65. The van der Waals surface area contributed by atoms with Crippen molar-refractivity contribution in [1.82, 2.24) is 0 Å². The Hall–Kier alpha value is -0.180. The molecule has 3 heteroatoms. The highest BCUT2D eigenvalue weighted by Crippen LogP contribution is 1.83. The Labute approximate surface area is 34.6 Å². The monoisotopic (exact) mass is 95.0 g/mol. The van der Waals surface area contributed by atoms with Crippen LogP contribution in [0, 0.1) is 0 Å². The van der Waals surface area contributed by atoms with Crippen molar-refractivity contribution >= 4 is 0 Å². The summed E-state index contributed by atoms with van der Waals surface area (Å²) in [6.45, 7) is -2.20. The van der Waals surface area contributed by atoms with Crippen molar-refractivity contribution in [3.63, 3.8) is 0 Å². The first-order chi connectivity index (χ1) is 2.81. The van der Waals surface area contributed by atoms with E-state index in [9.17, 15) is 13.9 Å². The van der Waals surface area contributed by atoms with E-state index in [-0.39, 0.29) is 0 Å². The van der Waals surface area contributed by atoms with Crippen molar-refractivity contribution in [3.05, 3.63) is 0 Å². The molecule has 0 spiro atoms. The van der Waals surface area contributed by atoms with Crippen LogP contribution in [0.5, 0.6) is 0 Å². The average Bonchev–Trinajstić information content (AvgIpc) is 1.65. The van der Waals surface area contributed by atoms with Crippen LogP contribution >= 0.6 is 0 Å². The summed E-state index contributed by atoms with van der Waals surface area (Å²) in [4.78, 5) is 0. The lowest BCUT2D eigenvalue weighted by Gasteiger charge is -1.88. The third-order valence-electron chi connectivity index (χ3n) is 0.344. The number of hydrogen-bond donors (Lipinski definition) is 0. The van der Waals surface area contributed by atoms with E-state index in [1.807, 2.05) is 0 Å². The van der Waals surface area contributed by atoms with Crippen LogP contribution in [-0.2, 0) is 5.11 Å². The molecule has 0 aliphatic carbocycles. The molecule has 0 aromatic carbocycles. The number of rotatable bonds is 2. The Morgan fingerprint density at radius 3 is 1.67 bits per heavy atom. The van der Waals surface area contributed by atoms with E-state index in [1.54, 1.807) is 0 Å². The Kier molecular flexibility index (Phi) is 2.94. The summed E-state index contributed by atoms with van der Waals surface area (Å²) in [5, 5.41) is 9.51. The lowest BCUT2D eigenvalue weighted by molar-refractivity contribution is 0.0445. The van der Waals surface area contributed by atoms with Crippen LogP contribution in [0.25, 0.3) is 0 Å². The van der Waals surface area contributed by atoms with Crippen LogP contribution in [0.2, 0.25) is 0 Å². The first-order valence-corrected chi connectivity index (χ1v) is 1.59. The maximum Gasteiger partial charge on any atom is 0.149 e. The van der Waals surface area contributed by atoms with Gasteiger partial charge in [0, 0.05) is 0 Å². The summed E-state index contributed by atoms with van der Waals surface area (Å²) in [5.41, 5.74) is 0. The number of alkyl halides is 2. The van der Waals surface area contributed by atoms with Gasteiger partial charge >= 0.3 is 0 Å². The van der Waals surface area contributed by atoms with Crippen molar-refractivity contribution < 1.29 is 13.9 Å². The fourth-order valence-electron chi connectivity index (χ4n) is 0.0412. The van der Waals surface area contributed by atoms with Gasteiger partial charge in [-0.05, 0) is 0 Å². The first kappa shape index (κ1) is 5.82. The molecule has 0 aromatic heterocycles. The smallest absolute Gasteiger partial charge is 0.149 e. The molecule has 0 atom stereocenters. The fourth-order valence-corrected chi connectivity index (χ4v) is 0.0412. The molecule has 0 amide bonds. The van der Waals surface area contributed by atoms with Gasteiger partial charge in [0.2, 0.25) is 0 Å². The molecule has 0 aliphatic heterocycles. The summed E-state index contributed by atoms with van der Waals surface area (Å²) in [6, 6.07) is 0. The summed E-state index contributed by atoms with van der Waals surface area (Å²) in [7, 11) is 0. The topological polar surface area (TPSA) is 19.9 Å². The predicted molar refractivity (Wildman–Crippen MR) is 16.4 cm³/mol. The van der Waals surface area contributed by atoms with Gasteiger partial charge in [-0.15, -0.1) is 0 Å². The molecule has 0 heterocycles. The van der Waals surface area contributed by atoms with Crippen LogP contribution in [0.3, 0.4) is 0 Å².